The number of aryl methyl sites for hydroxylation is 1. The van der Waals surface area contributed by atoms with Crippen LogP contribution in [0.25, 0.3) is 0 Å². The number of hydrogen-bond donors (Lipinski definition) is 2. The molecule has 0 aliphatic heterocycles. The third-order valence-corrected chi connectivity index (χ3v) is 4.05. The normalized spacial score (nSPS) is 16.1. The van der Waals surface area contributed by atoms with Crippen LogP contribution in [0.2, 0.25) is 0 Å². The highest BCUT2D eigenvalue weighted by Crippen LogP contribution is 2.28. The first-order valence-electron chi connectivity index (χ1n) is 7.10. The van der Waals surface area contributed by atoms with Gasteiger partial charge < -0.3 is 11.1 Å². The van der Waals surface area contributed by atoms with Crippen LogP contribution in [0.5, 0.6) is 0 Å². The van der Waals surface area contributed by atoms with E-state index >= 15 is 0 Å². The number of anilines is 1. The standard InChI is InChI=1S/C16H28N2/c1-5-13(3)11-16(6-2,12-17)18-15-10-8-7-9-14(15)4/h7-10,13,18H,5-6,11-12,17H2,1-4H3. The summed E-state index contributed by atoms with van der Waals surface area (Å²) < 4.78 is 0. The monoisotopic (exact) mass is 248 g/mol. The number of para-hydroxylation sites is 1. The lowest BCUT2D eigenvalue weighted by Crippen LogP contribution is -2.46. The summed E-state index contributed by atoms with van der Waals surface area (Å²) in [7, 11) is 0. The Bertz CT molecular complexity index is 356. The summed E-state index contributed by atoms with van der Waals surface area (Å²) in [5, 5.41) is 3.70. The molecule has 3 N–H and O–H groups in total. The third kappa shape index (κ3) is 3.74. The van der Waals surface area contributed by atoms with Crippen molar-refractivity contribution in [2.75, 3.05) is 11.9 Å². The summed E-state index contributed by atoms with van der Waals surface area (Å²) in [5.41, 5.74) is 8.59. The van der Waals surface area contributed by atoms with E-state index < -0.39 is 0 Å². The van der Waals surface area contributed by atoms with Gasteiger partial charge in [0, 0.05) is 17.8 Å². The van der Waals surface area contributed by atoms with Crippen molar-refractivity contribution in [1.82, 2.24) is 0 Å². The van der Waals surface area contributed by atoms with Crippen LogP contribution in [0.3, 0.4) is 0 Å². The van der Waals surface area contributed by atoms with Crippen molar-refractivity contribution < 1.29 is 0 Å². The molecule has 18 heavy (non-hydrogen) atoms. The lowest BCUT2D eigenvalue weighted by Gasteiger charge is -2.36. The quantitative estimate of drug-likeness (QED) is 0.766. The smallest absolute Gasteiger partial charge is 0.0495 e. The van der Waals surface area contributed by atoms with Gasteiger partial charge in [-0.25, -0.2) is 0 Å². The molecule has 0 saturated carbocycles. The minimum atomic E-state index is 0.0293. The molecule has 2 heteroatoms. The van der Waals surface area contributed by atoms with E-state index in [-0.39, 0.29) is 5.54 Å². The Balaban J connectivity index is 2.88. The van der Waals surface area contributed by atoms with E-state index in [0.717, 1.165) is 12.8 Å². The molecular formula is C16H28N2. The largest absolute Gasteiger partial charge is 0.378 e. The molecule has 102 valence electrons. The third-order valence-electron chi connectivity index (χ3n) is 4.05. The van der Waals surface area contributed by atoms with Crippen molar-refractivity contribution in [2.45, 2.75) is 52.5 Å². The van der Waals surface area contributed by atoms with Gasteiger partial charge in [-0.15, -0.1) is 0 Å². The first kappa shape index (κ1) is 15.0. The van der Waals surface area contributed by atoms with E-state index in [1.54, 1.807) is 0 Å². The van der Waals surface area contributed by atoms with E-state index in [1.807, 2.05) is 0 Å². The molecule has 2 unspecified atom stereocenters. The molecule has 0 saturated heterocycles. The molecule has 1 rings (SSSR count). The zero-order chi connectivity index (χ0) is 13.6. The van der Waals surface area contributed by atoms with Gasteiger partial charge in [-0.05, 0) is 37.3 Å². The molecule has 0 amide bonds. The predicted octanol–water partition coefficient (Wildman–Crippen LogP) is 3.95. The summed E-state index contributed by atoms with van der Waals surface area (Å²) in [5.74, 6) is 0.699. The maximum absolute atomic E-state index is 6.06. The number of nitrogens with one attached hydrogen (secondary N) is 1. The highest BCUT2D eigenvalue weighted by Gasteiger charge is 2.28. The predicted molar refractivity (Wildman–Crippen MR) is 81.0 cm³/mol. The minimum Gasteiger partial charge on any atom is -0.378 e. The van der Waals surface area contributed by atoms with Crippen molar-refractivity contribution in [3.05, 3.63) is 29.8 Å². The molecule has 2 nitrogen and oxygen atoms in total. The fourth-order valence-electron chi connectivity index (χ4n) is 2.37. The van der Waals surface area contributed by atoms with Crippen molar-refractivity contribution in [3.63, 3.8) is 0 Å². The second kappa shape index (κ2) is 6.79. The second-order valence-electron chi connectivity index (χ2n) is 5.50. The molecule has 0 aliphatic carbocycles. The van der Waals surface area contributed by atoms with Gasteiger partial charge in [0.25, 0.3) is 0 Å². The number of nitrogens with two attached hydrogens (primary N) is 1. The van der Waals surface area contributed by atoms with E-state index in [2.05, 4.69) is 57.3 Å². The maximum atomic E-state index is 6.06. The van der Waals surface area contributed by atoms with Crippen molar-refractivity contribution in [2.24, 2.45) is 11.7 Å². The number of benzene rings is 1. The highest BCUT2D eigenvalue weighted by atomic mass is 15.0. The Morgan fingerprint density at radius 2 is 1.94 bits per heavy atom. The minimum absolute atomic E-state index is 0.0293. The first-order valence-corrected chi connectivity index (χ1v) is 7.10. The molecule has 1 aromatic rings. The fraction of sp³-hybridized carbons (Fsp3) is 0.625. The summed E-state index contributed by atoms with van der Waals surface area (Å²) in [4.78, 5) is 0. The summed E-state index contributed by atoms with van der Waals surface area (Å²) in [6, 6.07) is 8.44. The van der Waals surface area contributed by atoms with Gasteiger partial charge in [-0.3, -0.25) is 0 Å². The molecule has 0 bridgehead atoms. The zero-order valence-corrected chi connectivity index (χ0v) is 12.3. The van der Waals surface area contributed by atoms with Crippen LogP contribution in [0.15, 0.2) is 24.3 Å². The molecule has 0 radical (unpaired) electrons. The zero-order valence-electron chi connectivity index (χ0n) is 12.3. The highest BCUT2D eigenvalue weighted by molar-refractivity contribution is 5.52. The molecule has 1 aromatic carbocycles. The van der Waals surface area contributed by atoms with Gasteiger partial charge in [0.05, 0.1) is 0 Å². The summed E-state index contributed by atoms with van der Waals surface area (Å²) >= 11 is 0. The Morgan fingerprint density at radius 3 is 2.44 bits per heavy atom. The first-order chi connectivity index (χ1) is 8.56. The van der Waals surface area contributed by atoms with E-state index in [4.69, 9.17) is 5.73 Å². The van der Waals surface area contributed by atoms with E-state index in [0.29, 0.717) is 12.5 Å². The van der Waals surface area contributed by atoms with Crippen LogP contribution in [0.4, 0.5) is 5.69 Å². The second-order valence-corrected chi connectivity index (χ2v) is 5.50. The number of rotatable bonds is 7. The maximum Gasteiger partial charge on any atom is 0.0495 e. The lowest BCUT2D eigenvalue weighted by atomic mass is 9.84. The van der Waals surface area contributed by atoms with Gasteiger partial charge >= 0.3 is 0 Å². The van der Waals surface area contributed by atoms with Gasteiger partial charge in [0.2, 0.25) is 0 Å². The fourth-order valence-corrected chi connectivity index (χ4v) is 2.37. The van der Waals surface area contributed by atoms with E-state index in [9.17, 15) is 0 Å². The Morgan fingerprint density at radius 1 is 1.28 bits per heavy atom. The molecule has 0 fully saturated rings. The van der Waals surface area contributed by atoms with Crippen molar-refractivity contribution in [3.8, 4) is 0 Å². The van der Waals surface area contributed by atoms with E-state index in [1.165, 1.54) is 17.7 Å². The van der Waals surface area contributed by atoms with Gasteiger partial charge in [0.1, 0.15) is 0 Å². The topological polar surface area (TPSA) is 38.0 Å². The van der Waals surface area contributed by atoms with Crippen molar-refractivity contribution in [1.29, 1.82) is 0 Å². The van der Waals surface area contributed by atoms with Crippen molar-refractivity contribution >= 4 is 5.69 Å². The van der Waals surface area contributed by atoms with Gasteiger partial charge in [-0.1, -0.05) is 45.4 Å². The van der Waals surface area contributed by atoms with Crippen LogP contribution in [0, 0.1) is 12.8 Å². The van der Waals surface area contributed by atoms with Crippen LogP contribution in [0.1, 0.15) is 45.6 Å². The van der Waals surface area contributed by atoms with Crippen LogP contribution >= 0.6 is 0 Å². The van der Waals surface area contributed by atoms with Crippen LogP contribution in [-0.2, 0) is 0 Å². The molecule has 0 spiro atoms. The summed E-state index contributed by atoms with van der Waals surface area (Å²) in [6.45, 7) is 9.60. The molecule has 2 atom stereocenters. The average Bonchev–Trinajstić information content (AvgIpc) is 2.40. The molecule has 0 aromatic heterocycles. The van der Waals surface area contributed by atoms with Crippen LogP contribution in [-0.4, -0.2) is 12.1 Å². The number of hydrogen-bond acceptors (Lipinski definition) is 2. The Hall–Kier alpha value is -1.02. The molecule has 0 heterocycles. The summed E-state index contributed by atoms with van der Waals surface area (Å²) in [6.07, 6.45) is 3.39. The molecular weight excluding hydrogens is 220 g/mol. The Kier molecular flexibility index (Phi) is 5.67. The van der Waals surface area contributed by atoms with Gasteiger partial charge in [0.15, 0.2) is 0 Å². The SMILES string of the molecule is CCC(C)CC(CC)(CN)Nc1ccccc1C. The Labute approximate surface area is 112 Å². The lowest BCUT2D eigenvalue weighted by molar-refractivity contribution is 0.346. The van der Waals surface area contributed by atoms with Crippen LogP contribution < -0.4 is 11.1 Å². The average molecular weight is 248 g/mol. The van der Waals surface area contributed by atoms with Gasteiger partial charge in [-0.2, -0.15) is 0 Å². The molecule has 0 aliphatic rings.